The summed E-state index contributed by atoms with van der Waals surface area (Å²) < 4.78 is 10.7. The van der Waals surface area contributed by atoms with Crippen molar-refractivity contribution in [3.63, 3.8) is 0 Å². The third-order valence-corrected chi connectivity index (χ3v) is 4.08. The minimum absolute atomic E-state index is 0.455. The van der Waals surface area contributed by atoms with Crippen LogP contribution in [0.1, 0.15) is 29.2 Å². The predicted molar refractivity (Wildman–Crippen MR) is 69.7 cm³/mol. The summed E-state index contributed by atoms with van der Waals surface area (Å²) in [6.45, 7) is 0. The fourth-order valence-electron chi connectivity index (χ4n) is 2.34. The highest BCUT2D eigenvalue weighted by Crippen LogP contribution is 2.41. The Morgan fingerprint density at radius 3 is 2.78 bits per heavy atom. The van der Waals surface area contributed by atoms with Crippen LogP contribution in [-0.4, -0.2) is 25.3 Å². The van der Waals surface area contributed by atoms with Crippen LogP contribution in [0.25, 0.3) is 0 Å². The van der Waals surface area contributed by atoms with Gasteiger partial charge in [0.1, 0.15) is 5.75 Å². The van der Waals surface area contributed by atoms with Crippen LogP contribution < -0.4 is 4.74 Å². The lowest BCUT2D eigenvalue weighted by Crippen LogP contribution is -2.15. The lowest BCUT2D eigenvalue weighted by Gasteiger charge is -2.17. The van der Waals surface area contributed by atoms with E-state index in [0.29, 0.717) is 11.3 Å². The van der Waals surface area contributed by atoms with Crippen LogP contribution in [0.2, 0.25) is 0 Å². The van der Waals surface area contributed by atoms with E-state index in [0.717, 1.165) is 29.3 Å². The number of esters is 1. The van der Waals surface area contributed by atoms with Crippen LogP contribution in [0.5, 0.6) is 5.75 Å². The molecule has 0 spiro atoms. The Kier molecular flexibility index (Phi) is 3.92. The number of aryl methyl sites for hydroxylation is 1. The van der Waals surface area contributed by atoms with Gasteiger partial charge in [0.05, 0.1) is 18.7 Å². The Morgan fingerprint density at radius 1 is 1.44 bits per heavy atom. The number of fused-ring (bicyclic) bond motifs is 1. The molecule has 1 unspecified atom stereocenters. The maximum absolute atomic E-state index is 11.4. The lowest BCUT2D eigenvalue weighted by molar-refractivity contribution is -0.150. The Hall–Kier alpha value is -1.07. The molecule has 1 N–H and O–H groups in total. The molecule has 4 nitrogen and oxygen atoms in total. The topological polar surface area (TPSA) is 55.8 Å². The van der Waals surface area contributed by atoms with Gasteiger partial charge in [-0.1, -0.05) is 0 Å². The molecule has 0 aliphatic heterocycles. The molecule has 0 bridgehead atoms. The van der Waals surface area contributed by atoms with Crippen molar-refractivity contribution in [1.82, 2.24) is 0 Å². The van der Waals surface area contributed by atoms with Crippen molar-refractivity contribution in [2.45, 2.75) is 25.4 Å². The van der Waals surface area contributed by atoms with Gasteiger partial charge < -0.3 is 14.6 Å². The molecule has 18 heavy (non-hydrogen) atoms. The van der Waals surface area contributed by atoms with E-state index in [1.807, 2.05) is 6.07 Å². The van der Waals surface area contributed by atoms with E-state index < -0.39 is 12.1 Å². The van der Waals surface area contributed by atoms with Crippen molar-refractivity contribution in [3.8, 4) is 5.75 Å². The SMILES string of the molecule is COC(=O)C(O)c1cc2c(c(Br)c1OC)CCC2. The number of carbonyl (C=O) groups is 1. The van der Waals surface area contributed by atoms with Gasteiger partial charge in [-0.15, -0.1) is 0 Å². The molecular weight excluding hydrogens is 300 g/mol. The molecule has 5 heteroatoms. The van der Waals surface area contributed by atoms with E-state index in [9.17, 15) is 9.90 Å². The molecule has 0 saturated heterocycles. The standard InChI is InChI=1S/C13H15BrO4/c1-17-12-9(11(15)13(16)18-2)6-7-4-3-5-8(7)10(12)14/h6,11,15H,3-5H2,1-2H3. The quantitative estimate of drug-likeness (QED) is 0.869. The number of aliphatic hydroxyl groups excluding tert-OH is 1. The van der Waals surface area contributed by atoms with Gasteiger partial charge in [0.2, 0.25) is 0 Å². The van der Waals surface area contributed by atoms with Crippen LogP contribution >= 0.6 is 15.9 Å². The number of halogens is 1. The molecule has 0 heterocycles. The summed E-state index contributed by atoms with van der Waals surface area (Å²) in [5.41, 5.74) is 2.81. The molecule has 0 fully saturated rings. The van der Waals surface area contributed by atoms with Gasteiger partial charge in [-0.05, 0) is 52.4 Å². The summed E-state index contributed by atoms with van der Waals surface area (Å²) >= 11 is 3.49. The largest absolute Gasteiger partial charge is 0.495 e. The molecular formula is C13H15BrO4. The minimum Gasteiger partial charge on any atom is -0.495 e. The maximum Gasteiger partial charge on any atom is 0.339 e. The second kappa shape index (κ2) is 5.28. The molecule has 1 atom stereocenters. The molecule has 1 aromatic carbocycles. The fourth-order valence-corrected chi connectivity index (χ4v) is 3.19. The molecule has 0 aromatic heterocycles. The van der Waals surface area contributed by atoms with Crippen LogP contribution in [-0.2, 0) is 22.4 Å². The number of hydrogen-bond donors (Lipinski definition) is 1. The zero-order valence-corrected chi connectivity index (χ0v) is 11.9. The van der Waals surface area contributed by atoms with Gasteiger partial charge in [0.15, 0.2) is 6.10 Å². The third-order valence-electron chi connectivity index (χ3n) is 3.24. The van der Waals surface area contributed by atoms with Crippen molar-refractivity contribution in [3.05, 3.63) is 27.2 Å². The van der Waals surface area contributed by atoms with Crippen LogP contribution in [0.4, 0.5) is 0 Å². The summed E-state index contributed by atoms with van der Waals surface area (Å²) in [6.07, 6.45) is 1.71. The van der Waals surface area contributed by atoms with Gasteiger partial charge in [0.25, 0.3) is 0 Å². The lowest BCUT2D eigenvalue weighted by atomic mass is 10.0. The predicted octanol–water partition coefficient (Wildman–Crippen LogP) is 2.15. The van der Waals surface area contributed by atoms with E-state index in [1.165, 1.54) is 19.8 Å². The summed E-state index contributed by atoms with van der Waals surface area (Å²) in [5, 5.41) is 9.98. The highest BCUT2D eigenvalue weighted by atomic mass is 79.9. The Balaban J connectivity index is 2.53. The first-order valence-electron chi connectivity index (χ1n) is 5.74. The molecule has 98 valence electrons. The van der Waals surface area contributed by atoms with Crippen molar-refractivity contribution in [2.24, 2.45) is 0 Å². The first-order chi connectivity index (χ1) is 8.60. The first-order valence-corrected chi connectivity index (χ1v) is 6.53. The molecule has 0 amide bonds. The van der Waals surface area contributed by atoms with E-state index in [4.69, 9.17) is 4.74 Å². The Bertz CT molecular complexity index is 484. The van der Waals surface area contributed by atoms with Gasteiger partial charge in [-0.2, -0.15) is 0 Å². The zero-order chi connectivity index (χ0) is 13.3. The fraction of sp³-hybridized carbons (Fsp3) is 0.462. The number of aliphatic hydroxyl groups is 1. The average molecular weight is 315 g/mol. The molecule has 1 aliphatic rings. The highest BCUT2D eigenvalue weighted by Gasteiger charge is 2.27. The van der Waals surface area contributed by atoms with E-state index in [-0.39, 0.29) is 0 Å². The van der Waals surface area contributed by atoms with Gasteiger partial charge in [0, 0.05) is 5.56 Å². The van der Waals surface area contributed by atoms with Gasteiger partial charge in [-0.3, -0.25) is 0 Å². The van der Waals surface area contributed by atoms with E-state index in [1.54, 1.807) is 0 Å². The molecule has 0 saturated carbocycles. The van der Waals surface area contributed by atoms with Crippen LogP contribution in [0, 0.1) is 0 Å². The number of carbonyl (C=O) groups excluding carboxylic acids is 1. The third kappa shape index (κ3) is 2.12. The number of rotatable bonds is 3. The smallest absolute Gasteiger partial charge is 0.339 e. The van der Waals surface area contributed by atoms with Crippen molar-refractivity contribution in [1.29, 1.82) is 0 Å². The van der Waals surface area contributed by atoms with Crippen LogP contribution in [0.15, 0.2) is 10.5 Å². The number of methoxy groups -OCH3 is 2. The maximum atomic E-state index is 11.4. The van der Waals surface area contributed by atoms with Crippen molar-refractivity contribution >= 4 is 21.9 Å². The van der Waals surface area contributed by atoms with Crippen molar-refractivity contribution < 1.29 is 19.4 Å². The first kappa shape index (κ1) is 13.4. The second-order valence-electron chi connectivity index (χ2n) is 4.23. The summed E-state index contributed by atoms with van der Waals surface area (Å²) in [5.74, 6) is -0.174. The van der Waals surface area contributed by atoms with E-state index in [2.05, 4.69) is 20.7 Å². The minimum atomic E-state index is -1.31. The molecule has 2 rings (SSSR count). The molecule has 0 radical (unpaired) electrons. The number of hydrogen-bond acceptors (Lipinski definition) is 4. The summed E-state index contributed by atoms with van der Waals surface area (Å²) in [6, 6.07) is 1.84. The number of ether oxygens (including phenoxy) is 2. The molecule has 1 aromatic rings. The summed E-state index contributed by atoms with van der Waals surface area (Å²) in [4.78, 5) is 11.4. The molecule has 1 aliphatic carbocycles. The summed E-state index contributed by atoms with van der Waals surface area (Å²) in [7, 11) is 2.77. The van der Waals surface area contributed by atoms with Crippen molar-refractivity contribution in [2.75, 3.05) is 14.2 Å². The zero-order valence-electron chi connectivity index (χ0n) is 10.3. The second-order valence-corrected chi connectivity index (χ2v) is 5.02. The monoisotopic (exact) mass is 314 g/mol. The average Bonchev–Trinajstić information content (AvgIpc) is 2.85. The Labute approximate surface area is 114 Å². The van der Waals surface area contributed by atoms with E-state index >= 15 is 0 Å². The van der Waals surface area contributed by atoms with Gasteiger partial charge in [-0.25, -0.2) is 4.79 Å². The Morgan fingerprint density at radius 2 is 2.17 bits per heavy atom. The number of benzene rings is 1. The van der Waals surface area contributed by atoms with Crippen LogP contribution in [0.3, 0.4) is 0 Å². The highest BCUT2D eigenvalue weighted by molar-refractivity contribution is 9.10. The normalized spacial score (nSPS) is 15.1. The van der Waals surface area contributed by atoms with Gasteiger partial charge >= 0.3 is 5.97 Å².